The molecule has 2 rings (SSSR count). The number of hydrogen-bond acceptors (Lipinski definition) is 3. The summed E-state index contributed by atoms with van der Waals surface area (Å²) in [5, 5.41) is 0. The predicted molar refractivity (Wildman–Crippen MR) is 118 cm³/mol. The van der Waals surface area contributed by atoms with Crippen molar-refractivity contribution in [3.05, 3.63) is 30.3 Å². The maximum absolute atomic E-state index is 12.3. The topological polar surface area (TPSA) is 49.9 Å². The van der Waals surface area contributed by atoms with E-state index >= 15 is 0 Å². The fourth-order valence-corrected chi connectivity index (χ4v) is 3.87. The summed E-state index contributed by atoms with van der Waals surface area (Å²) in [5.41, 5.74) is 0.546. The lowest BCUT2D eigenvalue weighted by Crippen LogP contribution is -2.42. The van der Waals surface area contributed by atoms with E-state index in [0.717, 1.165) is 57.4 Å². The van der Waals surface area contributed by atoms with Gasteiger partial charge in [-0.3, -0.25) is 4.79 Å². The molecule has 1 saturated heterocycles. The first-order valence-corrected chi connectivity index (χ1v) is 11.1. The van der Waals surface area contributed by atoms with Gasteiger partial charge in [-0.1, -0.05) is 38.0 Å². The van der Waals surface area contributed by atoms with Crippen molar-refractivity contribution in [3.8, 4) is 0 Å². The van der Waals surface area contributed by atoms with Crippen LogP contribution in [0.25, 0.3) is 0 Å². The van der Waals surface area contributed by atoms with Crippen molar-refractivity contribution in [1.29, 1.82) is 0 Å². The molecule has 0 radical (unpaired) electrons. The van der Waals surface area contributed by atoms with Crippen LogP contribution in [0.15, 0.2) is 30.3 Å². The molecular formula is C24H38N2O3. The highest BCUT2D eigenvalue weighted by Crippen LogP contribution is 2.24. The number of unbranched alkanes of at least 4 members (excludes halogenated alkanes) is 2. The molecule has 0 saturated carbocycles. The number of nitrogens with zero attached hydrogens (tertiary/aromatic N) is 2. The highest BCUT2D eigenvalue weighted by molar-refractivity contribution is 5.93. The largest absolute Gasteiger partial charge is 0.444 e. The van der Waals surface area contributed by atoms with Crippen LogP contribution >= 0.6 is 0 Å². The molecular weight excluding hydrogens is 364 g/mol. The van der Waals surface area contributed by atoms with Crippen LogP contribution in [0.5, 0.6) is 0 Å². The fourth-order valence-electron chi connectivity index (χ4n) is 3.87. The summed E-state index contributed by atoms with van der Waals surface area (Å²) >= 11 is 0. The number of rotatable bonds is 8. The Kier molecular flexibility index (Phi) is 8.99. The van der Waals surface area contributed by atoms with Crippen LogP contribution in [0.3, 0.4) is 0 Å². The average Bonchev–Trinajstić information content (AvgIpc) is 2.70. The smallest absolute Gasteiger partial charge is 0.410 e. The van der Waals surface area contributed by atoms with E-state index in [-0.39, 0.29) is 12.0 Å². The van der Waals surface area contributed by atoms with E-state index in [0.29, 0.717) is 12.3 Å². The summed E-state index contributed by atoms with van der Waals surface area (Å²) in [6.07, 6.45) is 6.95. The summed E-state index contributed by atoms with van der Waals surface area (Å²) in [6, 6.07) is 9.93. The summed E-state index contributed by atoms with van der Waals surface area (Å²) in [6.45, 7) is 10.0. The third kappa shape index (κ3) is 8.08. The normalized spacial score (nSPS) is 17.1. The molecule has 2 amide bonds. The second-order valence-corrected chi connectivity index (χ2v) is 9.02. The van der Waals surface area contributed by atoms with Crippen molar-refractivity contribution in [2.24, 2.45) is 5.92 Å². The van der Waals surface area contributed by atoms with Gasteiger partial charge in [-0.05, 0) is 64.5 Å². The summed E-state index contributed by atoms with van der Waals surface area (Å²) in [7, 11) is 0. The molecule has 0 aromatic heterocycles. The molecule has 0 bridgehead atoms. The summed E-state index contributed by atoms with van der Waals surface area (Å²) in [4.78, 5) is 28.4. The minimum atomic E-state index is -0.440. The van der Waals surface area contributed by atoms with Crippen molar-refractivity contribution < 1.29 is 14.3 Å². The van der Waals surface area contributed by atoms with Gasteiger partial charge in [0.2, 0.25) is 5.91 Å². The van der Waals surface area contributed by atoms with Crippen LogP contribution in [-0.2, 0) is 9.53 Å². The summed E-state index contributed by atoms with van der Waals surface area (Å²) in [5.74, 6) is 0.732. The first-order chi connectivity index (χ1) is 13.8. The Labute approximate surface area is 176 Å². The van der Waals surface area contributed by atoms with Gasteiger partial charge in [0.25, 0.3) is 0 Å². The standard InChI is InChI=1S/C24H38N2O3/c1-5-22(27)26(21-15-9-6-10-16-21)18-11-7-8-13-20-14-12-17-25(19-20)23(28)29-24(2,3)4/h6,9-10,15-16,20H,5,7-8,11-14,17-19H2,1-4H3. The molecule has 0 N–H and O–H groups in total. The number of amides is 2. The Morgan fingerprint density at radius 3 is 2.52 bits per heavy atom. The number of anilines is 1. The molecule has 162 valence electrons. The van der Waals surface area contributed by atoms with E-state index in [2.05, 4.69) is 0 Å². The van der Waals surface area contributed by atoms with E-state index in [4.69, 9.17) is 4.74 Å². The van der Waals surface area contributed by atoms with Crippen LogP contribution in [0.4, 0.5) is 10.5 Å². The Morgan fingerprint density at radius 2 is 1.86 bits per heavy atom. The first-order valence-electron chi connectivity index (χ1n) is 11.1. The number of piperidine rings is 1. The van der Waals surface area contributed by atoms with Crippen LogP contribution in [-0.4, -0.2) is 42.1 Å². The fraction of sp³-hybridized carbons (Fsp3) is 0.667. The molecule has 1 unspecified atom stereocenters. The Hall–Kier alpha value is -2.04. The van der Waals surface area contributed by atoms with E-state index in [1.54, 1.807) is 0 Å². The molecule has 5 heteroatoms. The third-order valence-corrected chi connectivity index (χ3v) is 5.34. The van der Waals surface area contributed by atoms with Crippen molar-refractivity contribution in [2.45, 2.75) is 78.2 Å². The van der Waals surface area contributed by atoms with Gasteiger partial charge >= 0.3 is 6.09 Å². The number of carbonyl (C=O) groups excluding carboxylic acids is 2. The minimum absolute atomic E-state index is 0.177. The van der Waals surface area contributed by atoms with Crippen LogP contribution in [0, 0.1) is 5.92 Å². The van der Waals surface area contributed by atoms with Gasteiger partial charge < -0.3 is 14.5 Å². The van der Waals surface area contributed by atoms with Gasteiger partial charge in [0.15, 0.2) is 0 Å². The molecule has 1 fully saturated rings. The lowest BCUT2D eigenvalue weighted by Gasteiger charge is -2.34. The number of carbonyl (C=O) groups is 2. The highest BCUT2D eigenvalue weighted by atomic mass is 16.6. The number of benzene rings is 1. The van der Waals surface area contributed by atoms with E-state index < -0.39 is 5.60 Å². The van der Waals surface area contributed by atoms with Gasteiger partial charge in [-0.15, -0.1) is 0 Å². The van der Waals surface area contributed by atoms with Crippen LogP contribution in [0.2, 0.25) is 0 Å². The van der Waals surface area contributed by atoms with Crippen LogP contribution < -0.4 is 4.90 Å². The van der Waals surface area contributed by atoms with Crippen molar-refractivity contribution in [2.75, 3.05) is 24.5 Å². The SMILES string of the molecule is CCC(=O)N(CCCCCC1CCCN(C(=O)OC(C)(C)C)C1)c1ccccc1. The number of ether oxygens (including phenoxy) is 1. The van der Waals surface area contributed by atoms with Gasteiger partial charge in [-0.2, -0.15) is 0 Å². The van der Waals surface area contributed by atoms with E-state index in [9.17, 15) is 9.59 Å². The monoisotopic (exact) mass is 402 g/mol. The second-order valence-electron chi connectivity index (χ2n) is 9.02. The van der Waals surface area contributed by atoms with Crippen LogP contribution in [0.1, 0.15) is 72.6 Å². The quantitative estimate of drug-likeness (QED) is 0.529. The molecule has 1 heterocycles. The molecule has 1 aromatic rings. The molecule has 1 aromatic carbocycles. The molecule has 1 aliphatic heterocycles. The highest BCUT2D eigenvalue weighted by Gasteiger charge is 2.27. The summed E-state index contributed by atoms with van der Waals surface area (Å²) < 4.78 is 5.52. The zero-order valence-electron chi connectivity index (χ0n) is 18.7. The Bertz CT molecular complexity index is 639. The van der Waals surface area contributed by atoms with Crippen molar-refractivity contribution in [1.82, 2.24) is 4.90 Å². The van der Waals surface area contributed by atoms with E-state index in [1.165, 1.54) is 6.42 Å². The second kappa shape index (κ2) is 11.2. The van der Waals surface area contributed by atoms with Crippen molar-refractivity contribution >= 4 is 17.7 Å². The van der Waals surface area contributed by atoms with E-state index in [1.807, 2.05) is 67.8 Å². The molecule has 0 aliphatic carbocycles. The average molecular weight is 403 g/mol. The maximum atomic E-state index is 12.3. The van der Waals surface area contributed by atoms with Gasteiger partial charge in [0.05, 0.1) is 0 Å². The predicted octanol–water partition coefficient (Wildman–Crippen LogP) is 5.64. The number of likely N-dealkylation sites (tertiary alicyclic amines) is 1. The molecule has 0 spiro atoms. The lowest BCUT2D eigenvalue weighted by molar-refractivity contribution is -0.118. The number of hydrogen-bond donors (Lipinski definition) is 0. The zero-order valence-corrected chi connectivity index (χ0v) is 18.7. The first kappa shape index (κ1) is 23.2. The molecule has 29 heavy (non-hydrogen) atoms. The Morgan fingerprint density at radius 1 is 1.14 bits per heavy atom. The molecule has 1 aliphatic rings. The van der Waals surface area contributed by atoms with Crippen molar-refractivity contribution in [3.63, 3.8) is 0 Å². The van der Waals surface area contributed by atoms with Gasteiger partial charge in [0, 0.05) is 31.7 Å². The number of para-hydroxylation sites is 1. The lowest BCUT2D eigenvalue weighted by atomic mass is 9.92. The zero-order chi connectivity index (χ0) is 21.3. The third-order valence-electron chi connectivity index (χ3n) is 5.34. The van der Waals surface area contributed by atoms with Gasteiger partial charge in [-0.25, -0.2) is 4.79 Å². The van der Waals surface area contributed by atoms with Gasteiger partial charge in [0.1, 0.15) is 5.60 Å². The minimum Gasteiger partial charge on any atom is -0.444 e. The molecule has 5 nitrogen and oxygen atoms in total. The Balaban J connectivity index is 1.72. The maximum Gasteiger partial charge on any atom is 0.410 e. The molecule has 1 atom stereocenters.